The number of aliphatic hydroxyl groups excluding tert-OH is 1. The molecular formula is C14H17N3O3. The molecule has 0 radical (unpaired) electrons. The van der Waals surface area contributed by atoms with E-state index in [1.807, 2.05) is 0 Å². The van der Waals surface area contributed by atoms with Crippen molar-refractivity contribution in [2.24, 2.45) is 0 Å². The maximum atomic E-state index is 12.4. The van der Waals surface area contributed by atoms with E-state index in [4.69, 9.17) is 0 Å². The van der Waals surface area contributed by atoms with E-state index in [-0.39, 0.29) is 0 Å². The zero-order valence-corrected chi connectivity index (χ0v) is 11.4. The fraction of sp³-hybridized carbons (Fsp3) is 0.286. The number of nitrogens with one attached hydrogen (secondary N) is 1. The predicted octanol–water partition coefficient (Wildman–Crippen LogP) is 0.825. The molecule has 0 aliphatic rings. The lowest BCUT2D eigenvalue weighted by atomic mass is 10.1. The van der Waals surface area contributed by atoms with Gasteiger partial charge in [-0.15, -0.1) is 0 Å². The number of para-hydroxylation sites is 1. The first kappa shape index (κ1) is 14.1. The fourth-order valence-electron chi connectivity index (χ4n) is 2.24. The van der Waals surface area contributed by atoms with Crippen molar-refractivity contribution in [1.29, 1.82) is 0 Å². The second-order valence-electron chi connectivity index (χ2n) is 4.77. The third kappa shape index (κ3) is 2.37. The molecule has 2 N–H and O–H groups in total. The van der Waals surface area contributed by atoms with Gasteiger partial charge in [-0.05, 0) is 26.0 Å². The van der Waals surface area contributed by atoms with Crippen LogP contribution in [0.5, 0.6) is 0 Å². The van der Waals surface area contributed by atoms with E-state index in [2.05, 4.69) is 11.7 Å². The summed E-state index contributed by atoms with van der Waals surface area (Å²) in [6.07, 6.45) is -0.840. The number of aliphatic hydroxyl groups is 1. The Balaban J connectivity index is 2.64. The number of rotatable bonds is 4. The third-order valence-corrected chi connectivity index (χ3v) is 3.07. The third-order valence-electron chi connectivity index (χ3n) is 3.07. The molecule has 0 amide bonds. The summed E-state index contributed by atoms with van der Waals surface area (Å²) in [5, 5.41) is 12.2. The van der Waals surface area contributed by atoms with Crippen LogP contribution in [0, 0.1) is 0 Å². The summed E-state index contributed by atoms with van der Waals surface area (Å²) in [7, 11) is 0. The van der Waals surface area contributed by atoms with Gasteiger partial charge in [0, 0.05) is 0 Å². The van der Waals surface area contributed by atoms with Crippen molar-refractivity contribution in [2.45, 2.75) is 26.0 Å². The first-order chi connectivity index (χ1) is 9.43. The summed E-state index contributed by atoms with van der Waals surface area (Å²) in [6.45, 7) is 7.00. The Bertz CT molecular complexity index is 722. The highest BCUT2D eigenvalue weighted by Crippen LogP contribution is 2.16. The van der Waals surface area contributed by atoms with E-state index >= 15 is 0 Å². The van der Waals surface area contributed by atoms with Gasteiger partial charge in [-0.25, -0.2) is 23.9 Å². The van der Waals surface area contributed by atoms with Gasteiger partial charge in [0.15, 0.2) is 0 Å². The van der Waals surface area contributed by atoms with E-state index in [0.717, 1.165) is 9.25 Å². The van der Waals surface area contributed by atoms with Crippen LogP contribution < -0.4 is 11.4 Å². The Labute approximate surface area is 115 Å². The Morgan fingerprint density at radius 1 is 1.30 bits per heavy atom. The van der Waals surface area contributed by atoms with Crippen molar-refractivity contribution in [3.63, 3.8) is 0 Å². The summed E-state index contributed by atoms with van der Waals surface area (Å²) < 4.78 is 2.14. The molecule has 0 bridgehead atoms. The molecule has 106 valence electrons. The lowest BCUT2D eigenvalue weighted by Crippen LogP contribution is -2.33. The zero-order valence-electron chi connectivity index (χ0n) is 11.4. The topological polar surface area (TPSA) is 80.0 Å². The number of H-pyrrole nitrogens is 1. The summed E-state index contributed by atoms with van der Waals surface area (Å²) in [5.41, 5.74) is -0.0182. The molecule has 1 aromatic heterocycles. The Hall–Kier alpha value is -2.34. The molecule has 0 aliphatic heterocycles. The molecule has 2 atom stereocenters. The van der Waals surface area contributed by atoms with Gasteiger partial charge < -0.3 is 5.11 Å². The minimum Gasteiger partial charge on any atom is -0.391 e. The average molecular weight is 275 g/mol. The second-order valence-corrected chi connectivity index (χ2v) is 4.77. The van der Waals surface area contributed by atoms with Crippen molar-refractivity contribution in [3.8, 4) is 5.69 Å². The second kappa shape index (κ2) is 5.34. The number of aromatic amines is 1. The molecule has 0 saturated heterocycles. The van der Waals surface area contributed by atoms with Gasteiger partial charge in [-0.3, -0.25) is 0 Å². The molecule has 0 aliphatic carbocycles. The lowest BCUT2D eigenvalue weighted by Gasteiger charge is -2.19. The first-order valence-electron chi connectivity index (χ1n) is 6.26. The Morgan fingerprint density at radius 2 is 1.90 bits per heavy atom. The van der Waals surface area contributed by atoms with Crippen molar-refractivity contribution in [3.05, 3.63) is 63.5 Å². The van der Waals surface area contributed by atoms with Crippen LogP contribution in [0.15, 0.2) is 52.1 Å². The normalized spacial score (nSPS) is 13.9. The standard InChI is InChI=1S/C14H17N3O3/c1-9(2)12(10(3)18)17-14(20)16(13(19)15-17)11-7-5-4-6-8-11/h4-8,10,12,18H,1H2,2-3H3,(H,15,19)/t10-,12+/m0/s1. The highest BCUT2D eigenvalue weighted by atomic mass is 16.3. The highest BCUT2D eigenvalue weighted by molar-refractivity contribution is 5.30. The van der Waals surface area contributed by atoms with Gasteiger partial charge in [0.2, 0.25) is 0 Å². The van der Waals surface area contributed by atoms with Gasteiger partial charge in [0.25, 0.3) is 0 Å². The Morgan fingerprint density at radius 3 is 2.40 bits per heavy atom. The first-order valence-corrected chi connectivity index (χ1v) is 6.26. The van der Waals surface area contributed by atoms with Crippen molar-refractivity contribution in [1.82, 2.24) is 14.3 Å². The quantitative estimate of drug-likeness (QED) is 0.811. The number of hydrogen-bond donors (Lipinski definition) is 2. The monoisotopic (exact) mass is 275 g/mol. The molecule has 6 nitrogen and oxygen atoms in total. The summed E-state index contributed by atoms with van der Waals surface area (Å²) in [4.78, 5) is 24.4. The van der Waals surface area contributed by atoms with E-state index in [0.29, 0.717) is 11.3 Å². The molecule has 1 aromatic carbocycles. The van der Waals surface area contributed by atoms with Crippen LogP contribution >= 0.6 is 0 Å². The van der Waals surface area contributed by atoms with Crippen LogP contribution in [0.1, 0.15) is 19.9 Å². The minimum atomic E-state index is -0.840. The minimum absolute atomic E-state index is 0.476. The van der Waals surface area contributed by atoms with E-state index in [1.165, 1.54) is 0 Å². The van der Waals surface area contributed by atoms with Crippen LogP contribution in [0.3, 0.4) is 0 Å². The highest BCUT2D eigenvalue weighted by Gasteiger charge is 2.23. The number of hydrogen-bond acceptors (Lipinski definition) is 3. The van der Waals surface area contributed by atoms with E-state index in [9.17, 15) is 14.7 Å². The molecule has 0 saturated carbocycles. The van der Waals surface area contributed by atoms with Gasteiger partial charge in [-0.2, -0.15) is 0 Å². The maximum Gasteiger partial charge on any atom is 0.352 e. The predicted molar refractivity (Wildman–Crippen MR) is 76.2 cm³/mol. The van der Waals surface area contributed by atoms with Gasteiger partial charge in [0.1, 0.15) is 6.04 Å². The maximum absolute atomic E-state index is 12.4. The van der Waals surface area contributed by atoms with Crippen molar-refractivity contribution >= 4 is 0 Å². The fourth-order valence-corrected chi connectivity index (χ4v) is 2.24. The van der Waals surface area contributed by atoms with E-state index in [1.54, 1.807) is 44.2 Å². The van der Waals surface area contributed by atoms with Crippen LogP contribution in [-0.2, 0) is 0 Å². The number of aromatic nitrogens is 3. The molecule has 6 heteroatoms. The number of nitrogens with zero attached hydrogens (tertiary/aromatic N) is 2. The molecule has 20 heavy (non-hydrogen) atoms. The van der Waals surface area contributed by atoms with Crippen LogP contribution in [0.4, 0.5) is 0 Å². The molecule has 2 aromatic rings. The molecule has 0 spiro atoms. The molecule has 1 heterocycles. The van der Waals surface area contributed by atoms with Crippen LogP contribution in [-0.4, -0.2) is 25.6 Å². The van der Waals surface area contributed by atoms with Crippen LogP contribution in [0.25, 0.3) is 5.69 Å². The SMILES string of the molecule is C=C(C)[C@H]([C@H](C)O)n1[nH]c(=O)n(-c2ccccc2)c1=O. The number of benzene rings is 1. The molecule has 0 unspecified atom stereocenters. The van der Waals surface area contributed by atoms with E-state index < -0.39 is 23.5 Å². The summed E-state index contributed by atoms with van der Waals surface area (Å²) >= 11 is 0. The zero-order chi connectivity index (χ0) is 14.9. The average Bonchev–Trinajstić information content (AvgIpc) is 2.65. The molecule has 2 rings (SSSR count). The van der Waals surface area contributed by atoms with Crippen molar-refractivity contribution < 1.29 is 5.11 Å². The van der Waals surface area contributed by atoms with Crippen LogP contribution in [0.2, 0.25) is 0 Å². The molecular weight excluding hydrogens is 258 g/mol. The van der Waals surface area contributed by atoms with Gasteiger partial charge in [0.05, 0.1) is 11.8 Å². The summed E-state index contributed by atoms with van der Waals surface area (Å²) in [6, 6.07) is 7.94. The molecule has 0 fully saturated rings. The largest absolute Gasteiger partial charge is 0.391 e. The lowest BCUT2D eigenvalue weighted by molar-refractivity contribution is 0.138. The smallest absolute Gasteiger partial charge is 0.352 e. The van der Waals surface area contributed by atoms with Crippen molar-refractivity contribution in [2.75, 3.05) is 0 Å². The van der Waals surface area contributed by atoms with Gasteiger partial charge in [-0.1, -0.05) is 30.4 Å². The Kier molecular flexibility index (Phi) is 3.76. The summed E-state index contributed by atoms with van der Waals surface area (Å²) in [5.74, 6) is 0. The van der Waals surface area contributed by atoms with Gasteiger partial charge >= 0.3 is 11.4 Å².